The minimum absolute atomic E-state index is 0. The fourth-order valence-corrected chi connectivity index (χ4v) is 8.95. The average molecular weight is 909 g/mol. The summed E-state index contributed by atoms with van der Waals surface area (Å²) in [6.45, 7) is 20.2. The van der Waals surface area contributed by atoms with E-state index in [0.29, 0.717) is 44.7 Å². The van der Waals surface area contributed by atoms with Gasteiger partial charge in [0.05, 0.1) is 56.5 Å². The van der Waals surface area contributed by atoms with E-state index in [4.69, 9.17) is 34.1 Å². The lowest BCUT2D eigenvalue weighted by Crippen LogP contribution is -2.45. The second-order valence-electron chi connectivity index (χ2n) is 17.1. The maximum absolute atomic E-state index is 11.9. The number of carbonyl (C=O) groups is 2. The van der Waals surface area contributed by atoms with Crippen molar-refractivity contribution in [1.29, 1.82) is 0 Å². The number of aromatic nitrogens is 4. The van der Waals surface area contributed by atoms with E-state index in [2.05, 4.69) is 55.1 Å². The molecule has 0 radical (unpaired) electrons. The van der Waals surface area contributed by atoms with E-state index < -0.39 is 0 Å². The van der Waals surface area contributed by atoms with Gasteiger partial charge in [-0.2, -0.15) is 0 Å². The van der Waals surface area contributed by atoms with Gasteiger partial charge in [-0.25, -0.2) is 29.5 Å². The van der Waals surface area contributed by atoms with Crippen LogP contribution in [0.3, 0.4) is 0 Å². The molecule has 5 N–H and O–H groups in total. The number of fused-ring (bicyclic) bond motifs is 2. The number of carbonyl (C=O) groups excluding carboxylic acids is 2. The molecular formula is C49H72N12O5. The monoisotopic (exact) mass is 909 g/mol. The van der Waals surface area contributed by atoms with Gasteiger partial charge in [0.25, 0.3) is 0 Å². The summed E-state index contributed by atoms with van der Waals surface area (Å²) in [6.07, 6.45) is 3.04. The first-order valence-corrected chi connectivity index (χ1v) is 23.1. The summed E-state index contributed by atoms with van der Waals surface area (Å²) in [5.74, 6) is 4.14. The van der Waals surface area contributed by atoms with Crippen LogP contribution < -0.4 is 36.4 Å². The highest BCUT2D eigenvalue weighted by Gasteiger charge is 2.31. The second-order valence-corrected chi connectivity index (χ2v) is 17.1. The maximum atomic E-state index is 11.9. The van der Waals surface area contributed by atoms with Gasteiger partial charge in [0, 0.05) is 92.6 Å². The Kier molecular flexibility index (Phi) is 18.0. The zero-order valence-corrected chi connectivity index (χ0v) is 37.8. The molecule has 3 atom stereocenters. The summed E-state index contributed by atoms with van der Waals surface area (Å²) in [6, 6.07) is 15.6. The van der Waals surface area contributed by atoms with E-state index in [1.54, 1.807) is 0 Å². The number of amides is 4. The second kappa shape index (κ2) is 23.8. The van der Waals surface area contributed by atoms with Crippen molar-refractivity contribution in [1.82, 2.24) is 40.8 Å². The Morgan fingerprint density at radius 1 is 0.667 bits per heavy atom. The van der Waals surface area contributed by atoms with Crippen molar-refractivity contribution in [3.05, 3.63) is 71.0 Å². The molecule has 3 saturated heterocycles. The molecule has 2 aromatic heterocycles. The van der Waals surface area contributed by atoms with Crippen molar-refractivity contribution in [2.75, 3.05) is 106 Å². The van der Waals surface area contributed by atoms with Crippen LogP contribution in [0, 0.1) is 5.92 Å². The predicted molar refractivity (Wildman–Crippen MR) is 262 cm³/mol. The molecule has 1 unspecified atom stereocenters. The topological polar surface area (TPSA) is 183 Å². The molecule has 2 aromatic carbocycles. The maximum Gasteiger partial charge on any atom is 0.319 e. The Labute approximate surface area is 391 Å². The highest BCUT2D eigenvalue weighted by Crippen LogP contribution is 2.33. The van der Waals surface area contributed by atoms with Gasteiger partial charge in [-0.15, -0.1) is 0 Å². The van der Waals surface area contributed by atoms with Crippen molar-refractivity contribution in [3.63, 3.8) is 0 Å². The molecular weight excluding hydrogens is 837 g/mol. The molecule has 17 heteroatoms. The van der Waals surface area contributed by atoms with Crippen molar-refractivity contribution >= 4 is 35.1 Å². The van der Waals surface area contributed by atoms with E-state index in [9.17, 15) is 9.59 Å². The van der Waals surface area contributed by atoms with Gasteiger partial charge in [-0.3, -0.25) is 4.90 Å². The quantitative estimate of drug-likeness (QED) is 0.119. The summed E-state index contributed by atoms with van der Waals surface area (Å²) in [7, 11) is 0. The lowest BCUT2D eigenvalue weighted by molar-refractivity contribution is 0.0983. The standard InChI is InChI=1S/C26H36N6O3.C21H28N6O2.2CH4/c1-3-27-26(33)28-21-6-4-20(5-7-21)24-29-23-15-31(14-19-9-12-34-17-19)10-8-22(23)25(30-24)32-11-13-35-16-18(32)2;1-3-23-21(28)24-16-6-4-15(5-7-16)19-25-18-12-22-9-8-17(18)20(26-19)27-10-11-29-13-14(27)2;;/h4-7,18-19H,3,8-17H2,1-2H3,(H2,27,28,33);4-7,14,22H,3,8-13H2,1-2H3,(H2,23,24,28);2*1H4/t18-,19?;14-;;/m00../s1. The Bertz CT molecular complexity index is 2200. The number of urea groups is 2. The Morgan fingerprint density at radius 3 is 1.68 bits per heavy atom. The van der Waals surface area contributed by atoms with Crippen LogP contribution in [-0.4, -0.2) is 134 Å². The largest absolute Gasteiger partial charge is 0.381 e. The number of ether oxygens (including phenoxy) is 3. The Morgan fingerprint density at radius 2 is 1.18 bits per heavy atom. The average Bonchev–Trinajstić information content (AvgIpc) is 3.82. The van der Waals surface area contributed by atoms with Crippen molar-refractivity contribution < 1.29 is 23.8 Å². The third kappa shape index (κ3) is 12.3. The van der Waals surface area contributed by atoms with Gasteiger partial charge < -0.3 is 50.6 Å². The van der Waals surface area contributed by atoms with Crippen LogP contribution in [0.15, 0.2) is 48.5 Å². The molecule has 5 aliphatic rings. The first-order chi connectivity index (χ1) is 31.3. The summed E-state index contributed by atoms with van der Waals surface area (Å²) in [4.78, 5) is 50.8. The van der Waals surface area contributed by atoms with Gasteiger partial charge >= 0.3 is 12.1 Å². The number of hydrogen-bond donors (Lipinski definition) is 5. The first kappa shape index (κ1) is 50.0. The molecule has 9 rings (SSSR count). The van der Waals surface area contributed by atoms with Crippen molar-refractivity contribution in [2.45, 2.75) is 87.0 Å². The number of hydrogen-bond acceptors (Lipinski definition) is 13. The van der Waals surface area contributed by atoms with Crippen molar-refractivity contribution in [2.24, 2.45) is 5.92 Å². The molecule has 66 heavy (non-hydrogen) atoms. The minimum Gasteiger partial charge on any atom is -0.381 e. The van der Waals surface area contributed by atoms with Crippen LogP contribution in [0.4, 0.5) is 32.6 Å². The molecule has 0 bridgehead atoms. The molecule has 5 aliphatic heterocycles. The fourth-order valence-electron chi connectivity index (χ4n) is 8.95. The summed E-state index contributed by atoms with van der Waals surface area (Å²) < 4.78 is 16.9. The third-order valence-electron chi connectivity index (χ3n) is 12.3. The van der Waals surface area contributed by atoms with E-state index in [1.807, 2.05) is 62.4 Å². The first-order valence-electron chi connectivity index (χ1n) is 23.1. The molecule has 0 spiro atoms. The van der Waals surface area contributed by atoms with Crippen LogP contribution in [-0.2, 0) is 40.1 Å². The summed E-state index contributed by atoms with van der Waals surface area (Å²) >= 11 is 0. The highest BCUT2D eigenvalue weighted by molar-refractivity contribution is 5.90. The lowest BCUT2D eigenvalue weighted by atomic mass is 10.0. The van der Waals surface area contributed by atoms with E-state index in [1.165, 1.54) is 11.1 Å². The van der Waals surface area contributed by atoms with Crippen LogP contribution in [0.5, 0.6) is 0 Å². The molecule has 0 saturated carbocycles. The van der Waals surface area contributed by atoms with E-state index in [0.717, 1.165) is 136 Å². The van der Waals surface area contributed by atoms with Crippen LogP contribution in [0.25, 0.3) is 22.8 Å². The van der Waals surface area contributed by atoms with Crippen LogP contribution in [0.1, 0.15) is 71.5 Å². The van der Waals surface area contributed by atoms with Gasteiger partial charge in [0.15, 0.2) is 11.6 Å². The highest BCUT2D eigenvalue weighted by atomic mass is 16.5. The normalized spacial score (nSPS) is 20.3. The minimum atomic E-state index is -0.208. The Hall–Kier alpha value is -5.46. The zero-order valence-electron chi connectivity index (χ0n) is 37.8. The molecule has 7 heterocycles. The van der Waals surface area contributed by atoms with Gasteiger partial charge in [-0.1, -0.05) is 14.9 Å². The summed E-state index contributed by atoms with van der Waals surface area (Å²) in [5, 5.41) is 14.6. The number of benzene rings is 2. The fraction of sp³-hybridized carbons (Fsp3) is 0.551. The Balaban J connectivity index is 0.000000215. The number of morpholine rings is 2. The SMILES string of the molecule is C.C.CCNC(=O)Nc1ccc(-c2nc3c(c(N4CCOC[C@@H]4C)n2)CCN(CC2CCOC2)C3)cc1.CCNC(=O)Nc1ccc(-c2nc3c(c(N4CCOC[C@@H]4C)n2)CCNC3)cc1. The van der Waals surface area contributed by atoms with Crippen LogP contribution in [0.2, 0.25) is 0 Å². The van der Waals surface area contributed by atoms with Gasteiger partial charge in [0.1, 0.15) is 11.6 Å². The van der Waals surface area contributed by atoms with Crippen molar-refractivity contribution in [3.8, 4) is 22.8 Å². The van der Waals surface area contributed by atoms with E-state index >= 15 is 0 Å². The molecule has 4 amide bonds. The number of rotatable bonds is 10. The molecule has 17 nitrogen and oxygen atoms in total. The zero-order chi connectivity index (χ0) is 44.4. The van der Waals surface area contributed by atoms with Crippen LogP contribution >= 0.6 is 0 Å². The molecule has 358 valence electrons. The molecule has 3 fully saturated rings. The molecule has 4 aromatic rings. The van der Waals surface area contributed by atoms with Gasteiger partial charge in [0.2, 0.25) is 0 Å². The number of nitrogens with one attached hydrogen (secondary N) is 5. The predicted octanol–water partition coefficient (Wildman–Crippen LogP) is 6.33. The summed E-state index contributed by atoms with van der Waals surface area (Å²) in [5.41, 5.74) is 8.07. The smallest absolute Gasteiger partial charge is 0.319 e. The van der Waals surface area contributed by atoms with E-state index in [-0.39, 0.29) is 39.0 Å². The molecule has 0 aliphatic carbocycles. The third-order valence-corrected chi connectivity index (χ3v) is 12.3. The number of nitrogens with zero attached hydrogens (tertiary/aromatic N) is 7. The number of anilines is 4. The lowest BCUT2D eigenvalue weighted by Gasteiger charge is -2.38. The van der Waals surface area contributed by atoms with Gasteiger partial charge in [-0.05, 0) is 108 Å².